The fourth-order valence-electron chi connectivity index (χ4n) is 5.13. The van der Waals surface area contributed by atoms with E-state index in [1.807, 2.05) is 0 Å². The van der Waals surface area contributed by atoms with Crippen molar-refractivity contribution < 1.29 is 38.2 Å². The van der Waals surface area contributed by atoms with Gasteiger partial charge in [-0.05, 0) is 59.4 Å². The summed E-state index contributed by atoms with van der Waals surface area (Å²) >= 11 is 0. The highest BCUT2D eigenvalue weighted by Crippen LogP contribution is 2.19. The summed E-state index contributed by atoms with van der Waals surface area (Å²) in [4.78, 5) is 49.1. The first-order valence-electron chi connectivity index (χ1n) is 16.2. The van der Waals surface area contributed by atoms with E-state index in [1.54, 1.807) is 84.9 Å². The van der Waals surface area contributed by atoms with Crippen LogP contribution in [-0.4, -0.2) is 46.7 Å². The second-order valence-corrected chi connectivity index (χ2v) is 11.7. The van der Waals surface area contributed by atoms with Crippen molar-refractivity contribution in [1.29, 1.82) is 0 Å². The molecule has 0 heterocycles. The van der Waals surface area contributed by atoms with Crippen LogP contribution in [0, 0.1) is 11.6 Å². The molecule has 0 spiro atoms. The zero-order valence-corrected chi connectivity index (χ0v) is 27.3. The lowest BCUT2D eigenvalue weighted by molar-refractivity contribution is -0.135. The number of hydrogen-bond donors (Lipinski definition) is 4. The Morgan fingerprint density at radius 2 is 0.940 bits per heavy atom. The molecule has 4 aromatic rings. The van der Waals surface area contributed by atoms with Gasteiger partial charge in [0.15, 0.2) is 0 Å². The summed E-state index contributed by atoms with van der Waals surface area (Å²) in [6.07, 6.45) is 4.77. The number of aliphatic hydroxyl groups is 2. The number of amides is 2. The number of nitrogens with one attached hydrogen (secondary N) is 2. The van der Waals surface area contributed by atoms with Crippen molar-refractivity contribution in [3.63, 3.8) is 0 Å². The van der Waals surface area contributed by atoms with Gasteiger partial charge in [0.1, 0.15) is 23.2 Å². The second-order valence-electron chi connectivity index (χ2n) is 11.7. The molecule has 10 heteroatoms. The first kappa shape index (κ1) is 36.9. The summed E-state index contributed by atoms with van der Waals surface area (Å²) in [6, 6.07) is 26.0. The molecule has 0 aliphatic heterocycles. The van der Waals surface area contributed by atoms with E-state index in [2.05, 4.69) is 10.6 Å². The maximum absolute atomic E-state index is 14.0. The Labute approximate surface area is 289 Å². The highest BCUT2D eigenvalue weighted by molar-refractivity contribution is 6.42. The number of carbonyl (C=O) groups is 4. The molecule has 0 aliphatic carbocycles. The fourth-order valence-corrected chi connectivity index (χ4v) is 5.13. The van der Waals surface area contributed by atoms with Gasteiger partial charge in [-0.25, -0.2) is 8.78 Å². The standard InChI is InChI=1S/C40H38F2N2O6/c41-33-17-5-3-13-29(33)21-27-11-9-15-31(23-27)35(45)25-37(47)39(49)43-19-7-1-2-8-20-44-40(50)38(48)26-36(46)32-16-10-12-28(24-32)22-30-14-4-6-18-34(30)42/h3-6,9-18,23-26,45-46H,1-2,7-8,19-22H2,(H,43,49)(H,44,50)/b35-25-,36-26+. The summed E-state index contributed by atoms with van der Waals surface area (Å²) < 4.78 is 28.0. The van der Waals surface area contributed by atoms with Crippen molar-refractivity contribution in [2.75, 3.05) is 13.1 Å². The molecule has 0 saturated carbocycles. The van der Waals surface area contributed by atoms with Crippen LogP contribution in [0.3, 0.4) is 0 Å². The lowest BCUT2D eigenvalue weighted by atomic mass is 10.0. The third kappa shape index (κ3) is 11.4. The Morgan fingerprint density at radius 1 is 0.540 bits per heavy atom. The van der Waals surface area contributed by atoms with Crippen LogP contribution >= 0.6 is 0 Å². The molecule has 0 saturated heterocycles. The fraction of sp³-hybridized carbons (Fsp3) is 0.200. The molecule has 0 bridgehead atoms. The number of rotatable bonds is 17. The monoisotopic (exact) mass is 680 g/mol. The van der Waals surface area contributed by atoms with Gasteiger partial charge >= 0.3 is 0 Å². The van der Waals surface area contributed by atoms with Crippen LogP contribution < -0.4 is 10.6 Å². The molecular weight excluding hydrogens is 642 g/mol. The van der Waals surface area contributed by atoms with Crippen LogP contribution in [0.1, 0.15) is 59.1 Å². The van der Waals surface area contributed by atoms with Gasteiger partial charge in [-0.1, -0.05) is 85.6 Å². The van der Waals surface area contributed by atoms with Crippen molar-refractivity contribution in [3.8, 4) is 0 Å². The molecule has 0 unspecified atom stereocenters. The number of unbranched alkanes of at least 4 members (excludes halogenated alkanes) is 3. The summed E-state index contributed by atoms with van der Waals surface area (Å²) in [5, 5.41) is 25.9. The van der Waals surface area contributed by atoms with E-state index in [0.717, 1.165) is 23.3 Å². The molecule has 50 heavy (non-hydrogen) atoms. The Morgan fingerprint density at radius 3 is 1.34 bits per heavy atom. The number of aliphatic hydroxyl groups excluding tert-OH is 2. The smallest absolute Gasteiger partial charge is 0.291 e. The van der Waals surface area contributed by atoms with Crippen LogP contribution in [0.4, 0.5) is 8.78 Å². The summed E-state index contributed by atoms with van der Waals surface area (Å²) in [5.74, 6) is -4.98. The Balaban J connectivity index is 1.12. The molecule has 2 amide bonds. The number of benzene rings is 4. The third-order valence-electron chi connectivity index (χ3n) is 7.81. The predicted molar refractivity (Wildman–Crippen MR) is 187 cm³/mol. The summed E-state index contributed by atoms with van der Waals surface area (Å²) in [5.41, 5.74) is 3.08. The average molecular weight is 681 g/mol. The van der Waals surface area contributed by atoms with Gasteiger partial charge in [0.2, 0.25) is 11.6 Å². The summed E-state index contributed by atoms with van der Waals surface area (Å²) in [6.45, 7) is 0.460. The van der Waals surface area contributed by atoms with Gasteiger partial charge in [0, 0.05) is 49.2 Å². The van der Waals surface area contributed by atoms with Crippen molar-refractivity contribution in [2.45, 2.75) is 38.5 Å². The van der Waals surface area contributed by atoms with E-state index in [4.69, 9.17) is 0 Å². The van der Waals surface area contributed by atoms with Gasteiger partial charge in [-0.15, -0.1) is 0 Å². The molecule has 4 N–H and O–H groups in total. The van der Waals surface area contributed by atoms with Crippen LogP contribution in [0.15, 0.2) is 109 Å². The van der Waals surface area contributed by atoms with E-state index < -0.39 is 23.4 Å². The van der Waals surface area contributed by atoms with Gasteiger partial charge in [0.05, 0.1) is 0 Å². The third-order valence-corrected chi connectivity index (χ3v) is 7.81. The molecule has 4 aromatic carbocycles. The Bertz CT molecular complexity index is 1770. The minimum absolute atomic E-state index is 0.230. The van der Waals surface area contributed by atoms with Crippen LogP contribution in [0.25, 0.3) is 11.5 Å². The van der Waals surface area contributed by atoms with Crippen molar-refractivity contribution in [2.24, 2.45) is 0 Å². The quantitative estimate of drug-likeness (QED) is 0.0432. The largest absolute Gasteiger partial charge is 0.507 e. The molecule has 4 rings (SSSR count). The molecule has 0 radical (unpaired) electrons. The molecule has 258 valence electrons. The Kier molecular flexibility index (Phi) is 13.7. The highest BCUT2D eigenvalue weighted by Gasteiger charge is 2.15. The number of ketones is 2. The first-order chi connectivity index (χ1) is 24.1. The normalized spacial score (nSPS) is 11.6. The predicted octanol–water partition coefficient (Wildman–Crippen LogP) is 6.58. The first-order valence-corrected chi connectivity index (χ1v) is 16.2. The zero-order valence-electron chi connectivity index (χ0n) is 27.3. The molecule has 0 aromatic heterocycles. The van der Waals surface area contributed by atoms with Crippen LogP contribution in [0.5, 0.6) is 0 Å². The molecule has 0 aliphatic rings. The van der Waals surface area contributed by atoms with Gasteiger partial charge in [-0.2, -0.15) is 0 Å². The van der Waals surface area contributed by atoms with Crippen LogP contribution in [0.2, 0.25) is 0 Å². The number of halogens is 2. The van der Waals surface area contributed by atoms with E-state index in [0.29, 0.717) is 60.8 Å². The maximum Gasteiger partial charge on any atom is 0.291 e. The van der Waals surface area contributed by atoms with E-state index >= 15 is 0 Å². The topological polar surface area (TPSA) is 133 Å². The summed E-state index contributed by atoms with van der Waals surface area (Å²) in [7, 11) is 0. The number of hydrogen-bond acceptors (Lipinski definition) is 6. The van der Waals surface area contributed by atoms with Crippen molar-refractivity contribution in [3.05, 3.63) is 154 Å². The van der Waals surface area contributed by atoms with E-state index in [1.165, 1.54) is 12.1 Å². The molecule has 8 nitrogen and oxygen atoms in total. The average Bonchev–Trinajstić information content (AvgIpc) is 3.11. The second kappa shape index (κ2) is 18.6. The lowest BCUT2D eigenvalue weighted by Gasteiger charge is -2.07. The SMILES string of the molecule is O=C(/C=C(\O)c1cccc(Cc2ccccc2F)c1)C(=O)NCCCCCCNC(=O)C(=O)/C=C(/O)c1cccc(Cc2ccccc2F)c1. The van der Waals surface area contributed by atoms with Crippen LogP contribution in [-0.2, 0) is 32.0 Å². The van der Waals surface area contributed by atoms with E-state index in [-0.39, 0.29) is 36.2 Å². The van der Waals surface area contributed by atoms with Gasteiger partial charge < -0.3 is 20.8 Å². The number of carbonyl (C=O) groups excluding carboxylic acids is 4. The minimum atomic E-state index is -0.912. The van der Waals surface area contributed by atoms with Crippen molar-refractivity contribution in [1.82, 2.24) is 10.6 Å². The lowest BCUT2D eigenvalue weighted by Crippen LogP contribution is -2.31. The zero-order chi connectivity index (χ0) is 35.9. The maximum atomic E-state index is 14.0. The Hall–Kier alpha value is -5.90. The minimum Gasteiger partial charge on any atom is -0.507 e. The van der Waals surface area contributed by atoms with E-state index in [9.17, 15) is 38.2 Å². The highest BCUT2D eigenvalue weighted by atomic mass is 19.1. The molecule has 0 atom stereocenters. The molecular formula is C40H38F2N2O6. The van der Waals surface area contributed by atoms with Gasteiger partial charge in [0.25, 0.3) is 11.8 Å². The van der Waals surface area contributed by atoms with Crippen molar-refractivity contribution >= 4 is 34.9 Å². The molecule has 0 fully saturated rings. The van der Waals surface area contributed by atoms with Gasteiger partial charge in [-0.3, -0.25) is 19.2 Å².